The lowest BCUT2D eigenvalue weighted by molar-refractivity contribution is -0.145. The number of esters is 1. The molecule has 1 N–H and O–H groups in total. The van der Waals surface area contributed by atoms with E-state index < -0.39 is 0 Å². The smallest absolute Gasteiger partial charge is 0.313 e. The van der Waals surface area contributed by atoms with Crippen LogP contribution in [0.15, 0.2) is 11.7 Å². The number of carbonyl (C=O) groups is 1. The number of nitrogens with zero attached hydrogens (tertiary/aromatic N) is 2. The van der Waals surface area contributed by atoms with Crippen molar-refractivity contribution in [3.63, 3.8) is 0 Å². The fourth-order valence-electron chi connectivity index (χ4n) is 2.62. The van der Waals surface area contributed by atoms with E-state index in [1.54, 1.807) is 17.5 Å². The zero-order valence-corrected chi connectivity index (χ0v) is 12.2. The van der Waals surface area contributed by atoms with Gasteiger partial charge in [-0.3, -0.25) is 9.89 Å². The molecule has 20 heavy (non-hydrogen) atoms. The average Bonchev–Trinajstić information content (AvgIpc) is 3.07. The van der Waals surface area contributed by atoms with Crippen molar-refractivity contribution in [2.45, 2.75) is 38.5 Å². The number of rotatable bonds is 4. The second-order valence-electron chi connectivity index (χ2n) is 5.03. The van der Waals surface area contributed by atoms with E-state index in [1.807, 2.05) is 12.4 Å². The molecule has 0 aliphatic heterocycles. The van der Waals surface area contributed by atoms with Gasteiger partial charge < -0.3 is 4.74 Å². The first-order chi connectivity index (χ1) is 9.75. The lowest BCUT2D eigenvalue weighted by Gasteiger charge is -2.20. The monoisotopic (exact) mass is 291 g/mol. The van der Waals surface area contributed by atoms with Gasteiger partial charge in [-0.15, -0.1) is 11.3 Å². The number of carbonyl (C=O) groups excluding carboxylic acids is 1. The van der Waals surface area contributed by atoms with Gasteiger partial charge in [-0.1, -0.05) is 0 Å². The van der Waals surface area contributed by atoms with Crippen LogP contribution in [0.4, 0.5) is 0 Å². The fraction of sp³-hybridized carbons (Fsp3) is 0.500. The SMILES string of the molecule is Cc1ncsc1CCOC(=O)C1CCCc2[nH]ncc21. The van der Waals surface area contributed by atoms with Crippen LogP contribution in [0.2, 0.25) is 0 Å². The van der Waals surface area contributed by atoms with Gasteiger partial charge in [-0.05, 0) is 26.2 Å². The molecule has 5 nitrogen and oxygen atoms in total. The number of aromatic amines is 1. The Hall–Kier alpha value is -1.69. The number of hydrogen-bond donors (Lipinski definition) is 1. The molecular formula is C14H17N3O2S. The summed E-state index contributed by atoms with van der Waals surface area (Å²) in [5.41, 5.74) is 4.94. The van der Waals surface area contributed by atoms with Gasteiger partial charge in [0.05, 0.1) is 29.9 Å². The summed E-state index contributed by atoms with van der Waals surface area (Å²) < 4.78 is 5.43. The molecule has 1 aliphatic carbocycles. The van der Waals surface area contributed by atoms with Gasteiger partial charge in [-0.25, -0.2) is 4.98 Å². The van der Waals surface area contributed by atoms with E-state index >= 15 is 0 Å². The van der Waals surface area contributed by atoms with Crippen LogP contribution in [-0.2, 0) is 22.4 Å². The third kappa shape index (κ3) is 2.60. The number of nitrogens with one attached hydrogen (secondary N) is 1. The van der Waals surface area contributed by atoms with Crippen LogP contribution >= 0.6 is 11.3 Å². The molecule has 0 amide bonds. The van der Waals surface area contributed by atoms with Crippen molar-refractivity contribution in [1.82, 2.24) is 15.2 Å². The molecule has 0 saturated heterocycles. The van der Waals surface area contributed by atoms with E-state index in [0.717, 1.165) is 42.6 Å². The number of H-pyrrole nitrogens is 1. The zero-order valence-electron chi connectivity index (χ0n) is 11.4. The highest BCUT2D eigenvalue weighted by Gasteiger charge is 2.29. The summed E-state index contributed by atoms with van der Waals surface area (Å²) >= 11 is 1.61. The van der Waals surface area contributed by atoms with Crippen LogP contribution in [0.3, 0.4) is 0 Å². The van der Waals surface area contributed by atoms with Gasteiger partial charge in [-0.2, -0.15) is 5.10 Å². The van der Waals surface area contributed by atoms with Crippen LogP contribution in [-0.4, -0.2) is 27.8 Å². The van der Waals surface area contributed by atoms with E-state index in [4.69, 9.17) is 4.74 Å². The Labute approximate surface area is 121 Å². The zero-order chi connectivity index (χ0) is 13.9. The molecule has 2 aromatic rings. The molecule has 1 unspecified atom stereocenters. The second kappa shape index (κ2) is 5.75. The summed E-state index contributed by atoms with van der Waals surface area (Å²) in [6.07, 6.45) is 5.33. The molecule has 0 spiro atoms. The molecule has 0 radical (unpaired) electrons. The number of hydrogen-bond acceptors (Lipinski definition) is 5. The van der Waals surface area contributed by atoms with E-state index in [9.17, 15) is 4.79 Å². The van der Waals surface area contributed by atoms with E-state index in [-0.39, 0.29) is 11.9 Å². The van der Waals surface area contributed by atoms with Gasteiger partial charge in [0.15, 0.2) is 0 Å². The number of aromatic nitrogens is 3. The predicted octanol–water partition coefficient (Wildman–Crippen LogP) is 2.38. The van der Waals surface area contributed by atoms with E-state index in [0.29, 0.717) is 6.61 Å². The summed E-state index contributed by atoms with van der Waals surface area (Å²) in [7, 11) is 0. The lowest BCUT2D eigenvalue weighted by atomic mass is 9.87. The topological polar surface area (TPSA) is 67.9 Å². The Morgan fingerprint density at radius 1 is 1.60 bits per heavy atom. The van der Waals surface area contributed by atoms with Crippen LogP contribution in [0.5, 0.6) is 0 Å². The Balaban J connectivity index is 1.57. The highest BCUT2D eigenvalue weighted by Crippen LogP contribution is 2.31. The normalized spacial score (nSPS) is 17.8. The minimum atomic E-state index is -0.153. The molecule has 2 heterocycles. The fourth-order valence-corrected chi connectivity index (χ4v) is 3.38. The molecule has 0 bridgehead atoms. The maximum Gasteiger partial charge on any atom is 0.313 e. The molecule has 106 valence electrons. The summed E-state index contributed by atoms with van der Waals surface area (Å²) in [6, 6.07) is 0. The Morgan fingerprint density at radius 3 is 3.30 bits per heavy atom. The van der Waals surface area contributed by atoms with Crippen LogP contribution in [0, 0.1) is 6.92 Å². The largest absolute Gasteiger partial charge is 0.465 e. The Kier molecular flexibility index (Phi) is 3.82. The van der Waals surface area contributed by atoms with Gasteiger partial charge in [0.1, 0.15) is 0 Å². The van der Waals surface area contributed by atoms with Gasteiger partial charge >= 0.3 is 5.97 Å². The molecule has 6 heteroatoms. The van der Waals surface area contributed by atoms with Crippen molar-refractivity contribution >= 4 is 17.3 Å². The number of fused-ring (bicyclic) bond motifs is 1. The van der Waals surface area contributed by atoms with Crippen LogP contribution in [0.25, 0.3) is 0 Å². The third-order valence-corrected chi connectivity index (χ3v) is 4.74. The van der Waals surface area contributed by atoms with Gasteiger partial charge in [0.2, 0.25) is 0 Å². The van der Waals surface area contributed by atoms with E-state index in [2.05, 4.69) is 15.2 Å². The molecule has 1 atom stereocenters. The first-order valence-electron chi connectivity index (χ1n) is 6.83. The minimum absolute atomic E-state index is 0.130. The second-order valence-corrected chi connectivity index (χ2v) is 5.97. The summed E-state index contributed by atoms with van der Waals surface area (Å²) in [4.78, 5) is 17.6. The third-order valence-electron chi connectivity index (χ3n) is 3.75. The van der Waals surface area contributed by atoms with Crippen LogP contribution in [0.1, 0.15) is 40.6 Å². The molecular weight excluding hydrogens is 274 g/mol. The van der Waals surface area contributed by atoms with Gasteiger partial charge in [0, 0.05) is 22.6 Å². The predicted molar refractivity (Wildman–Crippen MR) is 75.8 cm³/mol. The Bertz CT molecular complexity index is 605. The van der Waals surface area contributed by atoms with Crippen LogP contribution < -0.4 is 0 Å². The highest BCUT2D eigenvalue weighted by molar-refractivity contribution is 7.09. The molecule has 2 aromatic heterocycles. The maximum absolute atomic E-state index is 12.2. The van der Waals surface area contributed by atoms with Crippen molar-refractivity contribution < 1.29 is 9.53 Å². The van der Waals surface area contributed by atoms with Crippen molar-refractivity contribution in [2.75, 3.05) is 6.61 Å². The summed E-state index contributed by atoms with van der Waals surface area (Å²) in [5.74, 6) is -0.283. The molecule has 0 saturated carbocycles. The first-order valence-corrected chi connectivity index (χ1v) is 7.71. The average molecular weight is 291 g/mol. The standard InChI is InChI=1S/C14H17N3O2S/c1-9-13(20-8-15-9)5-6-19-14(18)10-3-2-4-12-11(10)7-16-17-12/h7-8,10H,2-6H2,1H3,(H,16,17). The van der Waals surface area contributed by atoms with Gasteiger partial charge in [0.25, 0.3) is 0 Å². The molecule has 0 fully saturated rings. The van der Waals surface area contributed by atoms with Crippen molar-refractivity contribution in [3.05, 3.63) is 33.5 Å². The number of aryl methyl sites for hydroxylation is 2. The van der Waals surface area contributed by atoms with Crippen molar-refractivity contribution in [3.8, 4) is 0 Å². The molecule has 0 aromatic carbocycles. The quantitative estimate of drug-likeness (QED) is 0.878. The first kappa shape index (κ1) is 13.3. The van der Waals surface area contributed by atoms with E-state index in [1.165, 1.54) is 4.88 Å². The Morgan fingerprint density at radius 2 is 2.50 bits per heavy atom. The lowest BCUT2D eigenvalue weighted by Crippen LogP contribution is -2.21. The van der Waals surface area contributed by atoms with Crippen molar-refractivity contribution in [2.24, 2.45) is 0 Å². The van der Waals surface area contributed by atoms with Crippen molar-refractivity contribution in [1.29, 1.82) is 0 Å². The maximum atomic E-state index is 12.2. The molecule has 3 rings (SSSR count). The number of ether oxygens (including phenoxy) is 1. The summed E-state index contributed by atoms with van der Waals surface area (Å²) in [6.45, 7) is 2.40. The highest BCUT2D eigenvalue weighted by atomic mass is 32.1. The summed E-state index contributed by atoms with van der Waals surface area (Å²) in [5, 5.41) is 6.99. The number of thiazole rings is 1. The minimum Gasteiger partial charge on any atom is -0.465 e. The molecule has 1 aliphatic rings.